The molecule has 0 saturated carbocycles. The van der Waals surface area contributed by atoms with E-state index in [0.29, 0.717) is 18.1 Å². The second kappa shape index (κ2) is 5.31. The summed E-state index contributed by atoms with van der Waals surface area (Å²) in [6, 6.07) is 2.00. The van der Waals surface area contributed by atoms with E-state index in [1.54, 1.807) is 0 Å². The van der Waals surface area contributed by atoms with Crippen molar-refractivity contribution in [2.45, 2.75) is 38.4 Å². The molecule has 2 rings (SSSR count). The third-order valence-electron chi connectivity index (χ3n) is 3.22. The van der Waals surface area contributed by atoms with Crippen molar-refractivity contribution < 1.29 is 4.74 Å². The Bertz CT molecular complexity index is 164. The summed E-state index contributed by atoms with van der Waals surface area (Å²) in [6.07, 6.45) is 1.22. The molecular weight excluding hydrogens is 200 g/mol. The molecule has 0 amide bonds. The molecular formula is C10H21ClN2O. The van der Waals surface area contributed by atoms with Crippen LogP contribution in [0.2, 0.25) is 0 Å². The molecule has 2 aliphatic rings. The van der Waals surface area contributed by atoms with Crippen molar-refractivity contribution in [2.24, 2.45) is 0 Å². The Morgan fingerprint density at radius 1 is 1.21 bits per heavy atom. The van der Waals surface area contributed by atoms with Gasteiger partial charge in [-0.15, -0.1) is 12.4 Å². The summed E-state index contributed by atoms with van der Waals surface area (Å²) in [6.45, 7) is 8.76. The highest BCUT2D eigenvalue weighted by Crippen LogP contribution is 2.20. The Hall–Kier alpha value is 0.170. The highest BCUT2D eigenvalue weighted by atomic mass is 35.5. The summed E-state index contributed by atoms with van der Waals surface area (Å²) in [4.78, 5) is 2.63. The van der Waals surface area contributed by atoms with Gasteiger partial charge in [0.15, 0.2) is 0 Å². The number of hydrogen-bond donors (Lipinski definition) is 1. The fourth-order valence-corrected chi connectivity index (χ4v) is 2.62. The average molecular weight is 221 g/mol. The first-order chi connectivity index (χ1) is 6.29. The fourth-order valence-electron chi connectivity index (χ4n) is 2.62. The van der Waals surface area contributed by atoms with Crippen LogP contribution >= 0.6 is 12.4 Å². The molecule has 14 heavy (non-hydrogen) atoms. The largest absolute Gasteiger partial charge is 0.380 e. The van der Waals surface area contributed by atoms with Gasteiger partial charge in [0.05, 0.1) is 6.61 Å². The van der Waals surface area contributed by atoms with E-state index in [9.17, 15) is 0 Å². The molecule has 0 bridgehead atoms. The zero-order valence-electron chi connectivity index (χ0n) is 9.03. The standard InChI is InChI=1S/C10H20N2O.ClH/c1-8-5-11-6-9(2)12(8)10-3-4-13-7-10;/h8-11H,3-7H2,1-2H3;1H/t8-,9+,10?;. The van der Waals surface area contributed by atoms with Crippen molar-refractivity contribution >= 4 is 12.4 Å². The van der Waals surface area contributed by atoms with Gasteiger partial charge < -0.3 is 10.1 Å². The number of piperazine rings is 1. The van der Waals surface area contributed by atoms with Gasteiger partial charge in [-0.3, -0.25) is 4.90 Å². The monoisotopic (exact) mass is 220 g/mol. The van der Waals surface area contributed by atoms with Crippen molar-refractivity contribution in [1.29, 1.82) is 0 Å². The van der Waals surface area contributed by atoms with Crippen molar-refractivity contribution in [3.05, 3.63) is 0 Å². The molecule has 2 heterocycles. The quantitative estimate of drug-likeness (QED) is 0.710. The van der Waals surface area contributed by atoms with Gasteiger partial charge >= 0.3 is 0 Å². The topological polar surface area (TPSA) is 24.5 Å². The van der Waals surface area contributed by atoms with Gasteiger partial charge in [-0.25, -0.2) is 0 Å². The van der Waals surface area contributed by atoms with E-state index in [-0.39, 0.29) is 12.4 Å². The smallest absolute Gasteiger partial charge is 0.0622 e. The van der Waals surface area contributed by atoms with Crippen LogP contribution in [0.15, 0.2) is 0 Å². The highest BCUT2D eigenvalue weighted by Gasteiger charge is 2.32. The van der Waals surface area contributed by atoms with Crippen LogP contribution in [-0.2, 0) is 4.74 Å². The lowest BCUT2D eigenvalue weighted by Gasteiger charge is -2.42. The van der Waals surface area contributed by atoms with Gasteiger partial charge in [-0.2, -0.15) is 0 Å². The third-order valence-corrected chi connectivity index (χ3v) is 3.22. The predicted octanol–water partition coefficient (Wildman–Crippen LogP) is 0.879. The maximum Gasteiger partial charge on any atom is 0.0622 e. The van der Waals surface area contributed by atoms with Crippen molar-refractivity contribution in [3.8, 4) is 0 Å². The second-order valence-electron chi connectivity index (χ2n) is 4.32. The minimum absolute atomic E-state index is 0. The fraction of sp³-hybridized carbons (Fsp3) is 1.00. The Morgan fingerprint density at radius 2 is 1.86 bits per heavy atom. The minimum Gasteiger partial charge on any atom is -0.380 e. The minimum atomic E-state index is 0. The maximum atomic E-state index is 5.44. The second-order valence-corrected chi connectivity index (χ2v) is 4.32. The molecule has 2 saturated heterocycles. The lowest BCUT2D eigenvalue weighted by atomic mass is 10.1. The molecule has 0 radical (unpaired) electrons. The number of nitrogens with one attached hydrogen (secondary N) is 1. The van der Waals surface area contributed by atoms with Crippen LogP contribution in [0.3, 0.4) is 0 Å². The van der Waals surface area contributed by atoms with Crippen molar-refractivity contribution in [1.82, 2.24) is 10.2 Å². The van der Waals surface area contributed by atoms with Crippen LogP contribution in [0, 0.1) is 0 Å². The zero-order valence-corrected chi connectivity index (χ0v) is 9.85. The third kappa shape index (κ3) is 2.40. The van der Waals surface area contributed by atoms with Gasteiger partial charge in [0, 0.05) is 37.8 Å². The molecule has 2 aliphatic heterocycles. The molecule has 1 N–H and O–H groups in total. The van der Waals surface area contributed by atoms with Crippen LogP contribution in [0.25, 0.3) is 0 Å². The number of rotatable bonds is 1. The Kier molecular flexibility index (Phi) is 4.64. The normalized spacial score (nSPS) is 39.4. The first kappa shape index (κ1) is 12.2. The molecule has 4 heteroatoms. The van der Waals surface area contributed by atoms with E-state index < -0.39 is 0 Å². The van der Waals surface area contributed by atoms with Crippen LogP contribution in [0.5, 0.6) is 0 Å². The molecule has 0 aromatic heterocycles. The summed E-state index contributed by atoms with van der Waals surface area (Å²) in [5.41, 5.74) is 0. The van der Waals surface area contributed by atoms with Gasteiger partial charge in [0.2, 0.25) is 0 Å². The molecule has 0 spiro atoms. The van der Waals surface area contributed by atoms with E-state index in [0.717, 1.165) is 26.3 Å². The van der Waals surface area contributed by atoms with E-state index in [1.807, 2.05) is 0 Å². The van der Waals surface area contributed by atoms with Crippen LogP contribution in [0.1, 0.15) is 20.3 Å². The van der Waals surface area contributed by atoms with Gasteiger partial charge in [0.25, 0.3) is 0 Å². The molecule has 2 fully saturated rings. The van der Waals surface area contributed by atoms with Crippen LogP contribution < -0.4 is 5.32 Å². The molecule has 3 atom stereocenters. The predicted molar refractivity (Wildman–Crippen MR) is 60.1 cm³/mol. The summed E-state index contributed by atoms with van der Waals surface area (Å²) in [5, 5.41) is 3.46. The van der Waals surface area contributed by atoms with E-state index in [1.165, 1.54) is 6.42 Å². The number of ether oxygens (including phenoxy) is 1. The van der Waals surface area contributed by atoms with Crippen LogP contribution in [-0.4, -0.2) is 49.3 Å². The lowest BCUT2D eigenvalue weighted by Crippen LogP contribution is -2.58. The molecule has 1 unspecified atom stereocenters. The molecule has 84 valence electrons. The molecule has 3 nitrogen and oxygen atoms in total. The van der Waals surface area contributed by atoms with Crippen molar-refractivity contribution in [3.63, 3.8) is 0 Å². The van der Waals surface area contributed by atoms with Gasteiger partial charge in [-0.1, -0.05) is 0 Å². The summed E-state index contributed by atoms with van der Waals surface area (Å²) in [7, 11) is 0. The summed E-state index contributed by atoms with van der Waals surface area (Å²) < 4.78 is 5.44. The first-order valence-corrected chi connectivity index (χ1v) is 5.35. The molecule has 0 aliphatic carbocycles. The Morgan fingerprint density at radius 3 is 2.36 bits per heavy atom. The van der Waals surface area contributed by atoms with Crippen LogP contribution in [0.4, 0.5) is 0 Å². The molecule has 0 aromatic carbocycles. The van der Waals surface area contributed by atoms with E-state index in [2.05, 4.69) is 24.1 Å². The Balaban J connectivity index is 0.000000980. The lowest BCUT2D eigenvalue weighted by molar-refractivity contribution is 0.0571. The van der Waals surface area contributed by atoms with Crippen molar-refractivity contribution in [2.75, 3.05) is 26.3 Å². The SMILES string of the molecule is C[C@@H]1CNC[C@H](C)N1C1CCOC1.Cl. The molecule has 0 aromatic rings. The maximum absolute atomic E-state index is 5.44. The zero-order chi connectivity index (χ0) is 9.26. The Labute approximate surface area is 92.6 Å². The average Bonchev–Trinajstić information content (AvgIpc) is 2.57. The summed E-state index contributed by atoms with van der Waals surface area (Å²) >= 11 is 0. The number of hydrogen-bond acceptors (Lipinski definition) is 3. The van der Waals surface area contributed by atoms with E-state index in [4.69, 9.17) is 4.74 Å². The number of nitrogens with zero attached hydrogens (tertiary/aromatic N) is 1. The van der Waals surface area contributed by atoms with E-state index >= 15 is 0 Å². The van der Waals surface area contributed by atoms with Gasteiger partial charge in [0.1, 0.15) is 0 Å². The summed E-state index contributed by atoms with van der Waals surface area (Å²) in [5.74, 6) is 0. The van der Waals surface area contributed by atoms with Gasteiger partial charge in [-0.05, 0) is 20.3 Å². The highest BCUT2D eigenvalue weighted by molar-refractivity contribution is 5.85. The first-order valence-electron chi connectivity index (χ1n) is 5.35. The number of halogens is 1.